The van der Waals surface area contributed by atoms with Crippen molar-refractivity contribution in [2.24, 2.45) is 11.7 Å². The molecule has 3 heteroatoms. The van der Waals surface area contributed by atoms with E-state index >= 15 is 0 Å². The topological polar surface area (TPSA) is 43.8 Å². The van der Waals surface area contributed by atoms with Gasteiger partial charge in [0.15, 0.2) is 0 Å². The summed E-state index contributed by atoms with van der Waals surface area (Å²) in [4.78, 5) is 4.64. The zero-order chi connectivity index (χ0) is 14.8. The van der Waals surface area contributed by atoms with Gasteiger partial charge in [0.1, 0.15) is 0 Å². The summed E-state index contributed by atoms with van der Waals surface area (Å²) in [6, 6.07) is 10.7. The summed E-state index contributed by atoms with van der Waals surface area (Å²) >= 11 is 0. The number of imidazole rings is 1. The molecule has 2 N–H and O–H groups in total. The SMILES string of the molecule is CC(C)C(C(N)c1ccccc1)n1cnc2c1CCCC2. The molecule has 1 aromatic heterocycles. The summed E-state index contributed by atoms with van der Waals surface area (Å²) in [5.74, 6) is 0.473. The second-order valence-corrected chi connectivity index (χ2v) is 6.42. The van der Waals surface area contributed by atoms with E-state index in [4.69, 9.17) is 5.73 Å². The van der Waals surface area contributed by atoms with E-state index in [1.54, 1.807) is 0 Å². The van der Waals surface area contributed by atoms with Gasteiger partial charge in [-0.3, -0.25) is 0 Å². The fraction of sp³-hybridized carbons (Fsp3) is 0.500. The van der Waals surface area contributed by atoms with Crippen LogP contribution in [0, 0.1) is 5.92 Å². The highest BCUT2D eigenvalue weighted by molar-refractivity contribution is 5.23. The molecule has 1 aliphatic carbocycles. The van der Waals surface area contributed by atoms with Gasteiger partial charge in [0, 0.05) is 5.69 Å². The molecule has 0 radical (unpaired) electrons. The predicted octanol–water partition coefficient (Wildman–Crippen LogP) is 3.66. The Morgan fingerprint density at radius 2 is 1.81 bits per heavy atom. The van der Waals surface area contributed by atoms with Crippen LogP contribution in [0.1, 0.15) is 55.7 Å². The van der Waals surface area contributed by atoms with Gasteiger partial charge in [-0.05, 0) is 37.2 Å². The number of hydrogen-bond acceptors (Lipinski definition) is 2. The van der Waals surface area contributed by atoms with Crippen molar-refractivity contribution in [3.63, 3.8) is 0 Å². The smallest absolute Gasteiger partial charge is 0.0955 e. The van der Waals surface area contributed by atoms with Crippen molar-refractivity contribution >= 4 is 0 Å². The lowest BCUT2D eigenvalue weighted by Crippen LogP contribution is -2.30. The molecule has 0 fully saturated rings. The van der Waals surface area contributed by atoms with Crippen LogP contribution in [0.2, 0.25) is 0 Å². The first-order valence-electron chi connectivity index (χ1n) is 8.03. The van der Waals surface area contributed by atoms with Crippen LogP contribution in [0.4, 0.5) is 0 Å². The minimum atomic E-state index is 0.00595. The number of nitrogens with two attached hydrogens (primary N) is 1. The Kier molecular flexibility index (Phi) is 4.11. The summed E-state index contributed by atoms with van der Waals surface area (Å²) < 4.78 is 2.36. The van der Waals surface area contributed by atoms with E-state index < -0.39 is 0 Å². The van der Waals surface area contributed by atoms with Crippen LogP contribution < -0.4 is 5.73 Å². The van der Waals surface area contributed by atoms with E-state index in [2.05, 4.69) is 47.7 Å². The van der Waals surface area contributed by atoms with Gasteiger partial charge in [-0.15, -0.1) is 0 Å². The van der Waals surface area contributed by atoms with Crippen molar-refractivity contribution < 1.29 is 0 Å². The maximum atomic E-state index is 6.62. The quantitative estimate of drug-likeness (QED) is 0.930. The highest BCUT2D eigenvalue weighted by Crippen LogP contribution is 2.34. The number of nitrogens with zero attached hydrogens (tertiary/aromatic N) is 2. The molecule has 1 aromatic carbocycles. The second kappa shape index (κ2) is 6.02. The van der Waals surface area contributed by atoms with E-state index in [0.29, 0.717) is 5.92 Å². The van der Waals surface area contributed by atoms with Crippen molar-refractivity contribution in [3.05, 3.63) is 53.6 Å². The summed E-state index contributed by atoms with van der Waals surface area (Å²) in [6.45, 7) is 4.51. The molecular weight excluding hydrogens is 258 g/mol. The Balaban J connectivity index is 1.97. The van der Waals surface area contributed by atoms with E-state index in [-0.39, 0.29) is 12.1 Å². The number of fused-ring (bicyclic) bond motifs is 1. The molecule has 2 aromatic rings. The average molecular weight is 283 g/mol. The molecule has 21 heavy (non-hydrogen) atoms. The average Bonchev–Trinajstić information content (AvgIpc) is 2.92. The highest BCUT2D eigenvalue weighted by Gasteiger charge is 2.28. The molecule has 0 saturated heterocycles. The molecule has 1 heterocycles. The van der Waals surface area contributed by atoms with Crippen molar-refractivity contribution in [1.82, 2.24) is 9.55 Å². The standard InChI is InChI=1S/C18H25N3/c1-13(2)18(17(19)14-8-4-3-5-9-14)21-12-20-15-10-6-7-11-16(15)21/h3-5,8-9,12-13,17-18H,6-7,10-11,19H2,1-2H3. The van der Waals surface area contributed by atoms with Crippen LogP contribution >= 0.6 is 0 Å². The van der Waals surface area contributed by atoms with Crippen LogP contribution in [-0.4, -0.2) is 9.55 Å². The number of hydrogen-bond donors (Lipinski definition) is 1. The molecular formula is C18H25N3. The van der Waals surface area contributed by atoms with Crippen LogP contribution in [0.25, 0.3) is 0 Å². The molecule has 1 aliphatic rings. The number of aromatic nitrogens is 2. The third-order valence-electron chi connectivity index (χ3n) is 4.62. The molecule has 0 saturated carbocycles. The minimum Gasteiger partial charge on any atom is -0.329 e. The summed E-state index contributed by atoms with van der Waals surface area (Å²) in [5, 5.41) is 0. The summed E-state index contributed by atoms with van der Waals surface area (Å²) in [7, 11) is 0. The Hall–Kier alpha value is -1.61. The Bertz CT molecular complexity index is 586. The minimum absolute atomic E-state index is 0.00595. The molecule has 0 spiro atoms. The van der Waals surface area contributed by atoms with Gasteiger partial charge in [0.05, 0.1) is 24.1 Å². The normalized spacial score (nSPS) is 17.5. The molecule has 3 nitrogen and oxygen atoms in total. The highest BCUT2D eigenvalue weighted by atomic mass is 15.1. The second-order valence-electron chi connectivity index (χ2n) is 6.42. The maximum absolute atomic E-state index is 6.62. The predicted molar refractivity (Wildman–Crippen MR) is 86.1 cm³/mol. The first kappa shape index (κ1) is 14.3. The number of aryl methyl sites for hydroxylation is 1. The van der Waals surface area contributed by atoms with Crippen molar-refractivity contribution in [2.45, 2.75) is 51.6 Å². The van der Waals surface area contributed by atoms with E-state index in [1.807, 2.05) is 12.4 Å². The molecule has 2 atom stereocenters. The van der Waals surface area contributed by atoms with Crippen LogP contribution in [0.15, 0.2) is 36.7 Å². The third kappa shape index (κ3) is 2.75. The largest absolute Gasteiger partial charge is 0.329 e. The van der Waals surface area contributed by atoms with E-state index in [0.717, 1.165) is 12.8 Å². The Morgan fingerprint density at radius 3 is 2.52 bits per heavy atom. The lowest BCUT2D eigenvalue weighted by Gasteiger charge is -2.31. The van der Waals surface area contributed by atoms with Gasteiger partial charge >= 0.3 is 0 Å². The van der Waals surface area contributed by atoms with Crippen LogP contribution in [0.5, 0.6) is 0 Å². The zero-order valence-electron chi connectivity index (χ0n) is 13.0. The number of benzene rings is 1. The zero-order valence-corrected chi connectivity index (χ0v) is 13.0. The molecule has 3 rings (SSSR count). The van der Waals surface area contributed by atoms with Gasteiger partial charge in [0.25, 0.3) is 0 Å². The van der Waals surface area contributed by atoms with Crippen molar-refractivity contribution in [1.29, 1.82) is 0 Å². The molecule has 0 aliphatic heterocycles. The Labute approximate surface area is 127 Å². The van der Waals surface area contributed by atoms with Crippen molar-refractivity contribution in [2.75, 3.05) is 0 Å². The monoisotopic (exact) mass is 283 g/mol. The lowest BCUT2D eigenvalue weighted by molar-refractivity contribution is 0.310. The molecule has 0 amide bonds. The number of rotatable bonds is 4. The van der Waals surface area contributed by atoms with Gasteiger partial charge in [-0.1, -0.05) is 44.2 Å². The van der Waals surface area contributed by atoms with Gasteiger partial charge in [-0.2, -0.15) is 0 Å². The molecule has 0 bridgehead atoms. The van der Waals surface area contributed by atoms with Gasteiger partial charge in [0.2, 0.25) is 0 Å². The van der Waals surface area contributed by atoms with Crippen molar-refractivity contribution in [3.8, 4) is 0 Å². The maximum Gasteiger partial charge on any atom is 0.0955 e. The van der Waals surface area contributed by atoms with Crippen LogP contribution in [-0.2, 0) is 12.8 Å². The lowest BCUT2D eigenvalue weighted by atomic mass is 9.90. The third-order valence-corrected chi connectivity index (χ3v) is 4.62. The first-order valence-corrected chi connectivity index (χ1v) is 8.03. The first-order chi connectivity index (χ1) is 10.2. The van der Waals surface area contributed by atoms with E-state index in [9.17, 15) is 0 Å². The summed E-state index contributed by atoms with van der Waals surface area (Å²) in [6.07, 6.45) is 6.81. The van der Waals surface area contributed by atoms with Crippen LogP contribution in [0.3, 0.4) is 0 Å². The fourth-order valence-corrected chi connectivity index (χ4v) is 3.53. The fourth-order valence-electron chi connectivity index (χ4n) is 3.53. The Morgan fingerprint density at radius 1 is 1.10 bits per heavy atom. The molecule has 112 valence electrons. The molecule has 2 unspecified atom stereocenters. The van der Waals surface area contributed by atoms with Gasteiger partial charge in [-0.25, -0.2) is 4.98 Å². The van der Waals surface area contributed by atoms with E-state index in [1.165, 1.54) is 29.8 Å². The van der Waals surface area contributed by atoms with Gasteiger partial charge < -0.3 is 10.3 Å². The summed E-state index contributed by atoms with van der Waals surface area (Å²) in [5.41, 5.74) is 10.5.